The molecule has 1 aromatic heterocycles. The third-order valence-corrected chi connectivity index (χ3v) is 4.09. The number of carbonyl (C=O) groups excluding carboxylic acids is 1. The third kappa shape index (κ3) is 4.51. The van der Waals surface area contributed by atoms with Gasteiger partial charge in [-0.05, 0) is 12.8 Å². The molecule has 0 saturated carbocycles. The van der Waals surface area contributed by atoms with Gasteiger partial charge in [0.25, 0.3) is 5.91 Å². The fraction of sp³-hybridized carbons (Fsp3) is 0.667. The second kappa shape index (κ2) is 6.54. The minimum Gasteiger partial charge on any atom is -0.336 e. The van der Waals surface area contributed by atoms with E-state index in [9.17, 15) is 13.2 Å². The summed E-state index contributed by atoms with van der Waals surface area (Å²) in [5.74, 6) is -0.175. The number of likely N-dealkylation sites (tertiary alicyclic amines) is 1. The monoisotopic (exact) mass is 315 g/mol. The van der Waals surface area contributed by atoms with Crippen LogP contribution < -0.4 is 10.5 Å². The number of hydrogen-bond donors (Lipinski definition) is 2. The molecule has 1 atom stereocenters. The number of imidazole rings is 1. The van der Waals surface area contributed by atoms with Gasteiger partial charge < -0.3 is 15.2 Å². The van der Waals surface area contributed by atoms with Crippen molar-refractivity contribution in [3.05, 3.63) is 18.2 Å². The van der Waals surface area contributed by atoms with Crippen LogP contribution in [-0.2, 0) is 16.6 Å². The number of nitrogens with zero attached hydrogens (tertiary/aromatic N) is 3. The Bertz CT molecular complexity index is 598. The van der Waals surface area contributed by atoms with Crippen LogP contribution in [0, 0.1) is 0 Å². The van der Waals surface area contributed by atoms with Crippen LogP contribution in [0.15, 0.2) is 12.5 Å². The van der Waals surface area contributed by atoms with Crippen molar-refractivity contribution >= 4 is 15.9 Å². The SMILES string of the molecule is CS(=O)(=O)NC1CCCN(C(=O)c2cn(CCN)cn2)C1. The number of sulfonamides is 1. The Balaban J connectivity index is 2.01. The average molecular weight is 315 g/mol. The highest BCUT2D eigenvalue weighted by atomic mass is 32.2. The molecule has 1 aliphatic heterocycles. The van der Waals surface area contributed by atoms with Crippen LogP contribution in [0.2, 0.25) is 0 Å². The van der Waals surface area contributed by atoms with Crippen LogP contribution in [0.25, 0.3) is 0 Å². The number of nitrogens with one attached hydrogen (secondary N) is 1. The zero-order valence-electron chi connectivity index (χ0n) is 12.0. The lowest BCUT2D eigenvalue weighted by atomic mass is 10.1. The van der Waals surface area contributed by atoms with Gasteiger partial charge in [0.1, 0.15) is 5.69 Å². The Morgan fingerprint density at radius 1 is 1.57 bits per heavy atom. The maximum atomic E-state index is 12.4. The predicted octanol–water partition coefficient (Wildman–Crippen LogP) is -1.00. The fourth-order valence-electron chi connectivity index (χ4n) is 2.46. The summed E-state index contributed by atoms with van der Waals surface area (Å²) in [6.07, 6.45) is 5.88. The second-order valence-corrected chi connectivity index (χ2v) is 7.05. The molecule has 1 aliphatic rings. The zero-order chi connectivity index (χ0) is 15.5. The van der Waals surface area contributed by atoms with Gasteiger partial charge in [0.15, 0.2) is 0 Å². The molecule has 0 spiro atoms. The summed E-state index contributed by atoms with van der Waals surface area (Å²) in [6.45, 7) is 2.08. The lowest BCUT2D eigenvalue weighted by molar-refractivity contribution is 0.0697. The molecule has 0 aliphatic carbocycles. The summed E-state index contributed by atoms with van der Waals surface area (Å²) in [6, 6.07) is -0.233. The van der Waals surface area contributed by atoms with E-state index in [2.05, 4.69) is 9.71 Å². The third-order valence-electron chi connectivity index (χ3n) is 3.33. The van der Waals surface area contributed by atoms with Gasteiger partial charge in [-0.2, -0.15) is 0 Å². The Hall–Kier alpha value is -1.45. The molecular formula is C12H21N5O3S. The van der Waals surface area contributed by atoms with Crippen LogP contribution in [0.4, 0.5) is 0 Å². The van der Waals surface area contributed by atoms with E-state index in [4.69, 9.17) is 5.73 Å². The van der Waals surface area contributed by atoms with Crippen molar-refractivity contribution in [3.8, 4) is 0 Å². The van der Waals surface area contributed by atoms with Gasteiger partial charge in [0.05, 0.1) is 12.6 Å². The largest absolute Gasteiger partial charge is 0.336 e. The molecule has 0 aromatic carbocycles. The maximum absolute atomic E-state index is 12.4. The van der Waals surface area contributed by atoms with Crippen LogP contribution in [0.3, 0.4) is 0 Å². The summed E-state index contributed by atoms with van der Waals surface area (Å²) in [5, 5.41) is 0. The quantitative estimate of drug-likeness (QED) is 0.724. The molecule has 1 amide bonds. The molecule has 0 radical (unpaired) electrons. The summed E-state index contributed by atoms with van der Waals surface area (Å²) in [5.41, 5.74) is 5.82. The molecule has 1 unspecified atom stereocenters. The van der Waals surface area contributed by atoms with Gasteiger partial charge in [-0.25, -0.2) is 18.1 Å². The van der Waals surface area contributed by atoms with Crippen molar-refractivity contribution in [1.82, 2.24) is 19.2 Å². The Morgan fingerprint density at radius 2 is 2.33 bits per heavy atom. The Kier molecular flexibility index (Phi) is 4.96. The first-order valence-electron chi connectivity index (χ1n) is 6.87. The van der Waals surface area contributed by atoms with E-state index in [1.807, 2.05) is 0 Å². The molecule has 9 heteroatoms. The van der Waals surface area contributed by atoms with Crippen molar-refractivity contribution in [2.45, 2.75) is 25.4 Å². The number of nitrogens with two attached hydrogens (primary N) is 1. The first-order chi connectivity index (χ1) is 9.89. The highest BCUT2D eigenvalue weighted by Crippen LogP contribution is 2.13. The van der Waals surface area contributed by atoms with Gasteiger partial charge in [-0.1, -0.05) is 0 Å². The fourth-order valence-corrected chi connectivity index (χ4v) is 3.26. The highest BCUT2D eigenvalue weighted by Gasteiger charge is 2.27. The number of rotatable bonds is 5. The molecule has 118 valence electrons. The van der Waals surface area contributed by atoms with Gasteiger partial charge >= 0.3 is 0 Å². The Labute approximate surface area is 124 Å². The number of aromatic nitrogens is 2. The van der Waals surface area contributed by atoms with E-state index < -0.39 is 10.0 Å². The highest BCUT2D eigenvalue weighted by molar-refractivity contribution is 7.88. The smallest absolute Gasteiger partial charge is 0.274 e. The van der Waals surface area contributed by atoms with Crippen molar-refractivity contribution in [2.24, 2.45) is 5.73 Å². The molecule has 8 nitrogen and oxygen atoms in total. The molecule has 2 heterocycles. The number of amides is 1. The zero-order valence-corrected chi connectivity index (χ0v) is 12.8. The minimum absolute atomic E-state index is 0.175. The van der Waals surface area contributed by atoms with Gasteiger partial charge in [-0.15, -0.1) is 0 Å². The van der Waals surface area contributed by atoms with E-state index in [-0.39, 0.29) is 11.9 Å². The first-order valence-corrected chi connectivity index (χ1v) is 8.76. The van der Waals surface area contributed by atoms with E-state index in [1.54, 1.807) is 22.0 Å². The van der Waals surface area contributed by atoms with Crippen LogP contribution in [0.5, 0.6) is 0 Å². The lowest BCUT2D eigenvalue weighted by Gasteiger charge is -2.32. The van der Waals surface area contributed by atoms with Crippen LogP contribution >= 0.6 is 0 Å². The minimum atomic E-state index is -3.26. The molecular weight excluding hydrogens is 294 g/mol. The maximum Gasteiger partial charge on any atom is 0.274 e. The van der Waals surface area contributed by atoms with Gasteiger partial charge in [-0.3, -0.25) is 4.79 Å². The van der Waals surface area contributed by atoms with Crippen molar-refractivity contribution in [3.63, 3.8) is 0 Å². The number of hydrogen-bond acceptors (Lipinski definition) is 5. The van der Waals surface area contributed by atoms with E-state index in [0.717, 1.165) is 19.1 Å². The summed E-state index contributed by atoms with van der Waals surface area (Å²) in [4.78, 5) is 18.1. The summed E-state index contributed by atoms with van der Waals surface area (Å²) >= 11 is 0. The topological polar surface area (TPSA) is 110 Å². The first kappa shape index (κ1) is 15.9. The summed E-state index contributed by atoms with van der Waals surface area (Å²) < 4.78 is 26.9. The van der Waals surface area contributed by atoms with Crippen LogP contribution in [0.1, 0.15) is 23.3 Å². The molecule has 2 rings (SSSR count). The molecule has 3 N–H and O–H groups in total. The standard InChI is InChI=1S/C12H21N5O3S/c1-21(19,20)15-10-3-2-5-17(7-10)12(18)11-8-16(6-4-13)9-14-11/h8-10,15H,2-7,13H2,1H3. The molecule has 1 aromatic rings. The molecule has 21 heavy (non-hydrogen) atoms. The van der Waals surface area contributed by atoms with Crippen molar-refractivity contribution < 1.29 is 13.2 Å². The number of carbonyl (C=O) groups is 1. The predicted molar refractivity (Wildman–Crippen MR) is 78.2 cm³/mol. The van der Waals surface area contributed by atoms with Gasteiger partial charge in [0, 0.05) is 38.4 Å². The molecule has 1 saturated heterocycles. The van der Waals surface area contributed by atoms with Crippen molar-refractivity contribution in [1.29, 1.82) is 0 Å². The normalized spacial score (nSPS) is 19.7. The molecule has 0 bridgehead atoms. The van der Waals surface area contributed by atoms with Crippen molar-refractivity contribution in [2.75, 3.05) is 25.9 Å². The van der Waals surface area contributed by atoms with Gasteiger partial charge in [0.2, 0.25) is 10.0 Å². The second-order valence-electron chi connectivity index (χ2n) is 5.27. The molecule has 1 fully saturated rings. The number of piperidine rings is 1. The van der Waals surface area contributed by atoms with E-state index in [0.29, 0.717) is 31.9 Å². The Morgan fingerprint density at radius 3 is 3.00 bits per heavy atom. The lowest BCUT2D eigenvalue weighted by Crippen LogP contribution is -2.49. The van der Waals surface area contributed by atoms with E-state index >= 15 is 0 Å². The summed E-state index contributed by atoms with van der Waals surface area (Å²) in [7, 11) is -3.26. The van der Waals surface area contributed by atoms with E-state index in [1.165, 1.54) is 0 Å². The average Bonchev–Trinajstić information content (AvgIpc) is 2.85. The van der Waals surface area contributed by atoms with Crippen LogP contribution in [-0.4, -0.2) is 60.7 Å².